The molecule has 0 aliphatic carbocycles. The molecule has 0 amide bonds. The number of halogens is 2. The molecule has 0 aliphatic heterocycles. The highest BCUT2D eigenvalue weighted by molar-refractivity contribution is 4.85. The molecule has 0 fully saturated rings. The van der Waals surface area contributed by atoms with E-state index in [0.29, 0.717) is 12.8 Å². The molecule has 0 heterocycles. The zero-order valence-electron chi connectivity index (χ0n) is 8.35. The fourth-order valence-corrected chi connectivity index (χ4v) is 1.01. The fraction of sp³-hybridized carbons (Fsp3) is 1.00. The van der Waals surface area contributed by atoms with Crippen LogP contribution in [0.2, 0.25) is 0 Å². The number of hydrogen-bond donors (Lipinski definition) is 2. The van der Waals surface area contributed by atoms with Crippen LogP contribution in [0.4, 0.5) is 8.78 Å². The maximum absolute atomic E-state index is 13.1. The summed E-state index contributed by atoms with van der Waals surface area (Å²) in [5, 5.41) is 18.3. The summed E-state index contributed by atoms with van der Waals surface area (Å²) in [6.07, 6.45) is 0.432. The van der Waals surface area contributed by atoms with Gasteiger partial charge in [-0.1, -0.05) is 27.2 Å². The van der Waals surface area contributed by atoms with E-state index in [1.54, 1.807) is 6.92 Å². The molecule has 2 nitrogen and oxygen atoms in total. The first-order chi connectivity index (χ1) is 5.75. The van der Waals surface area contributed by atoms with Gasteiger partial charge in [-0.15, -0.1) is 0 Å². The SMILES string of the molecule is CCCCC(F)(F)C(O)(O)C(C)C. The van der Waals surface area contributed by atoms with Gasteiger partial charge in [0.2, 0.25) is 5.79 Å². The highest BCUT2D eigenvalue weighted by atomic mass is 19.3. The van der Waals surface area contributed by atoms with Crippen molar-refractivity contribution in [2.45, 2.75) is 51.7 Å². The van der Waals surface area contributed by atoms with Crippen LogP contribution in [0.5, 0.6) is 0 Å². The molecule has 0 saturated carbocycles. The van der Waals surface area contributed by atoms with Gasteiger partial charge in [0.05, 0.1) is 0 Å². The lowest BCUT2D eigenvalue weighted by atomic mass is 9.93. The number of unbranched alkanes of at least 4 members (excludes halogenated alkanes) is 1. The number of rotatable bonds is 5. The number of hydrogen-bond acceptors (Lipinski definition) is 2. The van der Waals surface area contributed by atoms with E-state index in [1.165, 1.54) is 13.8 Å². The average molecular weight is 196 g/mol. The van der Waals surface area contributed by atoms with Crippen LogP contribution in [0.15, 0.2) is 0 Å². The lowest BCUT2D eigenvalue weighted by Gasteiger charge is -2.34. The van der Waals surface area contributed by atoms with Crippen LogP contribution in [0.3, 0.4) is 0 Å². The molecular weight excluding hydrogens is 178 g/mol. The van der Waals surface area contributed by atoms with E-state index < -0.39 is 24.0 Å². The van der Waals surface area contributed by atoms with Crippen LogP contribution in [0.1, 0.15) is 40.0 Å². The molecule has 4 heteroatoms. The Morgan fingerprint density at radius 2 is 1.69 bits per heavy atom. The Labute approximate surface area is 77.6 Å². The minimum absolute atomic E-state index is 0.294. The van der Waals surface area contributed by atoms with Gasteiger partial charge in [-0.2, -0.15) is 0 Å². The summed E-state index contributed by atoms with van der Waals surface area (Å²) in [4.78, 5) is 0. The van der Waals surface area contributed by atoms with Crippen molar-refractivity contribution < 1.29 is 19.0 Å². The van der Waals surface area contributed by atoms with Crippen molar-refractivity contribution in [3.05, 3.63) is 0 Å². The largest absolute Gasteiger partial charge is 0.361 e. The van der Waals surface area contributed by atoms with Gasteiger partial charge in [0.25, 0.3) is 0 Å². The molecule has 0 radical (unpaired) electrons. The molecule has 0 bridgehead atoms. The first-order valence-corrected chi connectivity index (χ1v) is 4.58. The normalized spacial score (nSPS) is 13.8. The number of aliphatic hydroxyl groups is 2. The van der Waals surface area contributed by atoms with E-state index in [9.17, 15) is 8.78 Å². The molecule has 0 atom stereocenters. The Balaban J connectivity index is 4.41. The van der Waals surface area contributed by atoms with Gasteiger partial charge >= 0.3 is 5.92 Å². The predicted molar refractivity (Wildman–Crippen MR) is 46.5 cm³/mol. The van der Waals surface area contributed by atoms with Crippen molar-refractivity contribution in [1.29, 1.82) is 0 Å². The van der Waals surface area contributed by atoms with E-state index in [1.807, 2.05) is 0 Å². The maximum Gasteiger partial charge on any atom is 0.300 e. The van der Waals surface area contributed by atoms with E-state index in [0.717, 1.165) is 0 Å². The molecule has 0 aliphatic rings. The van der Waals surface area contributed by atoms with Gasteiger partial charge in [0.1, 0.15) is 0 Å². The minimum atomic E-state index is -3.42. The van der Waals surface area contributed by atoms with Crippen molar-refractivity contribution >= 4 is 0 Å². The molecule has 0 spiro atoms. The van der Waals surface area contributed by atoms with E-state index in [-0.39, 0.29) is 0 Å². The Morgan fingerprint density at radius 3 is 2.00 bits per heavy atom. The molecular formula is C9H18F2O2. The van der Waals surface area contributed by atoms with Crippen molar-refractivity contribution in [2.75, 3.05) is 0 Å². The molecule has 13 heavy (non-hydrogen) atoms. The van der Waals surface area contributed by atoms with Crippen LogP contribution in [-0.2, 0) is 0 Å². The van der Waals surface area contributed by atoms with Crippen LogP contribution < -0.4 is 0 Å². The summed E-state index contributed by atoms with van der Waals surface area (Å²) >= 11 is 0. The Morgan fingerprint density at radius 1 is 1.23 bits per heavy atom. The molecule has 2 N–H and O–H groups in total. The second kappa shape index (κ2) is 4.33. The van der Waals surface area contributed by atoms with Crippen molar-refractivity contribution in [1.82, 2.24) is 0 Å². The monoisotopic (exact) mass is 196 g/mol. The third kappa shape index (κ3) is 2.88. The molecule has 0 unspecified atom stereocenters. The van der Waals surface area contributed by atoms with Crippen molar-refractivity contribution in [2.24, 2.45) is 5.92 Å². The second-order valence-electron chi connectivity index (χ2n) is 3.69. The third-order valence-electron chi connectivity index (χ3n) is 2.19. The summed E-state index contributed by atoms with van der Waals surface area (Å²) in [6, 6.07) is 0. The molecule has 0 aromatic heterocycles. The molecule has 0 aromatic carbocycles. The van der Waals surface area contributed by atoms with Crippen LogP contribution in [0.25, 0.3) is 0 Å². The highest BCUT2D eigenvalue weighted by Gasteiger charge is 2.52. The fourth-order valence-electron chi connectivity index (χ4n) is 1.01. The Bertz CT molecular complexity index is 156. The first-order valence-electron chi connectivity index (χ1n) is 4.58. The first kappa shape index (κ1) is 12.8. The maximum atomic E-state index is 13.1. The Hall–Kier alpha value is -0.220. The van der Waals surface area contributed by atoms with Gasteiger partial charge < -0.3 is 10.2 Å². The summed E-state index contributed by atoms with van der Waals surface area (Å²) in [5.74, 6) is -7.18. The van der Waals surface area contributed by atoms with Gasteiger partial charge in [-0.3, -0.25) is 0 Å². The zero-order chi connectivity index (χ0) is 10.7. The van der Waals surface area contributed by atoms with Crippen LogP contribution in [0, 0.1) is 5.92 Å². The molecule has 80 valence electrons. The lowest BCUT2D eigenvalue weighted by molar-refractivity contribution is -0.318. The van der Waals surface area contributed by atoms with Gasteiger partial charge in [0, 0.05) is 12.3 Å². The second-order valence-corrected chi connectivity index (χ2v) is 3.69. The van der Waals surface area contributed by atoms with E-state index in [2.05, 4.69) is 0 Å². The minimum Gasteiger partial charge on any atom is -0.361 e. The van der Waals surface area contributed by atoms with Crippen LogP contribution in [-0.4, -0.2) is 21.9 Å². The Kier molecular flexibility index (Phi) is 4.26. The van der Waals surface area contributed by atoms with Crippen molar-refractivity contribution in [3.63, 3.8) is 0 Å². The third-order valence-corrected chi connectivity index (χ3v) is 2.19. The highest BCUT2D eigenvalue weighted by Crippen LogP contribution is 2.36. The molecule has 0 saturated heterocycles. The standard InChI is InChI=1S/C9H18F2O2/c1-4-5-6-8(10,11)9(12,13)7(2)3/h7,12-13H,4-6H2,1-3H3. The van der Waals surface area contributed by atoms with E-state index >= 15 is 0 Å². The van der Waals surface area contributed by atoms with E-state index in [4.69, 9.17) is 10.2 Å². The van der Waals surface area contributed by atoms with Crippen molar-refractivity contribution in [3.8, 4) is 0 Å². The summed E-state index contributed by atoms with van der Waals surface area (Å²) in [6.45, 7) is 4.50. The summed E-state index contributed by atoms with van der Waals surface area (Å²) < 4.78 is 26.3. The number of alkyl halides is 2. The summed E-state index contributed by atoms with van der Waals surface area (Å²) in [5.41, 5.74) is 0. The summed E-state index contributed by atoms with van der Waals surface area (Å²) in [7, 11) is 0. The van der Waals surface area contributed by atoms with Gasteiger partial charge in [-0.05, 0) is 6.42 Å². The molecule has 0 rings (SSSR count). The zero-order valence-corrected chi connectivity index (χ0v) is 8.35. The topological polar surface area (TPSA) is 40.5 Å². The smallest absolute Gasteiger partial charge is 0.300 e. The van der Waals surface area contributed by atoms with Gasteiger partial charge in [0.15, 0.2) is 0 Å². The lowest BCUT2D eigenvalue weighted by Crippen LogP contribution is -2.52. The molecule has 0 aromatic rings. The van der Waals surface area contributed by atoms with Gasteiger partial charge in [-0.25, -0.2) is 8.78 Å². The van der Waals surface area contributed by atoms with Crippen LogP contribution >= 0.6 is 0 Å². The quantitative estimate of drug-likeness (QED) is 0.661. The average Bonchev–Trinajstić information content (AvgIpc) is 2.00. The predicted octanol–water partition coefficient (Wildman–Crippen LogP) is 2.15.